The minimum atomic E-state index is 0.523. The van der Waals surface area contributed by atoms with Gasteiger partial charge in [-0.2, -0.15) is 0 Å². The topological polar surface area (TPSA) is 0 Å². The van der Waals surface area contributed by atoms with E-state index in [9.17, 15) is 0 Å². The highest BCUT2D eigenvalue weighted by Gasteiger charge is 2.15. The normalized spacial score (nSPS) is 22.5. The molecule has 0 aromatic heterocycles. The molecule has 0 heterocycles. The molecule has 0 amide bonds. The SMILES string of the molecule is CC(C)(C)CCC1CCCCCCCCCCCCCCC1. The summed E-state index contributed by atoms with van der Waals surface area (Å²) in [7, 11) is 0. The van der Waals surface area contributed by atoms with E-state index in [1.54, 1.807) is 0 Å². The van der Waals surface area contributed by atoms with Crippen molar-refractivity contribution in [1.29, 1.82) is 0 Å². The number of hydrogen-bond donors (Lipinski definition) is 0. The van der Waals surface area contributed by atoms with Crippen LogP contribution in [0.4, 0.5) is 0 Å². The fourth-order valence-electron chi connectivity index (χ4n) is 3.88. The van der Waals surface area contributed by atoms with Crippen molar-refractivity contribution in [2.45, 2.75) is 130 Å². The molecule has 0 radical (unpaired) electrons. The Morgan fingerprint density at radius 2 is 0.864 bits per heavy atom. The molecule has 0 unspecified atom stereocenters. The maximum atomic E-state index is 2.41. The van der Waals surface area contributed by atoms with E-state index in [1.807, 2.05) is 0 Å². The first-order valence-electron chi connectivity index (χ1n) is 10.6. The van der Waals surface area contributed by atoms with Crippen LogP contribution in [0, 0.1) is 11.3 Å². The van der Waals surface area contributed by atoms with Crippen LogP contribution in [0.1, 0.15) is 130 Å². The predicted octanol–water partition coefficient (Wildman–Crippen LogP) is 8.29. The molecule has 1 saturated carbocycles. The van der Waals surface area contributed by atoms with Gasteiger partial charge < -0.3 is 0 Å². The van der Waals surface area contributed by atoms with E-state index in [1.165, 1.54) is 109 Å². The fourth-order valence-corrected chi connectivity index (χ4v) is 3.88. The highest BCUT2D eigenvalue weighted by molar-refractivity contribution is 4.67. The van der Waals surface area contributed by atoms with E-state index in [4.69, 9.17) is 0 Å². The van der Waals surface area contributed by atoms with Crippen molar-refractivity contribution < 1.29 is 0 Å². The Balaban J connectivity index is 2.29. The molecule has 1 rings (SSSR count). The Labute approximate surface area is 141 Å². The lowest BCUT2D eigenvalue weighted by Gasteiger charge is -2.23. The molecule has 0 bridgehead atoms. The van der Waals surface area contributed by atoms with E-state index in [-0.39, 0.29) is 0 Å². The van der Waals surface area contributed by atoms with Gasteiger partial charge in [0.05, 0.1) is 0 Å². The molecular formula is C22H44. The molecule has 0 aromatic carbocycles. The second-order valence-corrected chi connectivity index (χ2v) is 9.14. The number of rotatable bonds is 2. The monoisotopic (exact) mass is 308 g/mol. The summed E-state index contributed by atoms with van der Waals surface area (Å²) >= 11 is 0. The van der Waals surface area contributed by atoms with Crippen molar-refractivity contribution in [3.05, 3.63) is 0 Å². The molecule has 0 saturated heterocycles. The summed E-state index contributed by atoms with van der Waals surface area (Å²) in [6.07, 6.45) is 25.3. The zero-order chi connectivity index (χ0) is 16.1. The minimum absolute atomic E-state index is 0.523. The van der Waals surface area contributed by atoms with Gasteiger partial charge in [-0.25, -0.2) is 0 Å². The van der Waals surface area contributed by atoms with Crippen molar-refractivity contribution in [1.82, 2.24) is 0 Å². The van der Waals surface area contributed by atoms with Gasteiger partial charge in [-0.1, -0.05) is 117 Å². The van der Waals surface area contributed by atoms with Crippen LogP contribution in [0.3, 0.4) is 0 Å². The molecule has 22 heavy (non-hydrogen) atoms. The predicted molar refractivity (Wildman–Crippen MR) is 101 cm³/mol. The third-order valence-corrected chi connectivity index (χ3v) is 5.53. The van der Waals surface area contributed by atoms with Crippen LogP contribution in [0.2, 0.25) is 0 Å². The maximum absolute atomic E-state index is 2.41. The zero-order valence-corrected chi connectivity index (χ0v) is 16.1. The zero-order valence-electron chi connectivity index (χ0n) is 16.1. The molecule has 0 N–H and O–H groups in total. The van der Waals surface area contributed by atoms with Crippen LogP contribution in [0.5, 0.6) is 0 Å². The molecule has 0 aromatic rings. The van der Waals surface area contributed by atoms with Gasteiger partial charge in [0.25, 0.3) is 0 Å². The highest BCUT2D eigenvalue weighted by atomic mass is 14.2. The summed E-state index contributed by atoms with van der Waals surface area (Å²) in [6, 6.07) is 0. The van der Waals surface area contributed by atoms with Crippen molar-refractivity contribution in [3.63, 3.8) is 0 Å². The summed E-state index contributed by atoms with van der Waals surface area (Å²) < 4.78 is 0. The summed E-state index contributed by atoms with van der Waals surface area (Å²) in [4.78, 5) is 0. The Hall–Kier alpha value is 0. The average molecular weight is 309 g/mol. The van der Waals surface area contributed by atoms with Gasteiger partial charge in [0, 0.05) is 0 Å². The summed E-state index contributed by atoms with van der Waals surface area (Å²) in [6.45, 7) is 7.22. The molecule has 1 aliphatic rings. The fraction of sp³-hybridized carbons (Fsp3) is 1.00. The van der Waals surface area contributed by atoms with Gasteiger partial charge >= 0.3 is 0 Å². The molecule has 1 fully saturated rings. The van der Waals surface area contributed by atoms with Crippen LogP contribution in [0.25, 0.3) is 0 Å². The molecule has 1 aliphatic carbocycles. The smallest absolute Gasteiger partial charge is 0.0383 e. The maximum Gasteiger partial charge on any atom is -0.0383 e. The van der Waals surface area contributed by atoms with E-state index >= 15 is 0 Å². The van der Waals surface area contributed by atoms with Gasteiger partial charge in [0.2, 0.25) is 0 Å². The lowest BCUT2D eigenvalue weighted by atomic mass is 9.83. The van der Waals surface area contributed by atoms with Gasteiger partial charge in [-0.3, -0.25) is 0 Å². The van der Waals surface area contributed by atoms with Crippen LogP contribution >= 0.6 is 0 Å². The Morgan fingerprint density at radius 1 is 0.545 bits per heavy atom. The molecule has 0 nitrogen and oxygen atoms in total. The van der Waals surface area contributed by atoms with Crippen molar-refractivity contribution in [3.8, 4) is 0 Å². The van der Waals surface area contributed by atoms with E-state index in [2.05, 4.69) is 20.8 Å². The second-order valence-electron chi connectivity index (χ2n) is 9.14. The Kier molecular flexibility index (Phi) is 11.3. The Bertz CT molecular complexity index is 219. The van der Waals surface area contributed by atoms with Gasteiger partial charge in [-0.15, -0.1) is 0 Å². The summed E-state index contributed by atoms with van der Waals surface area (Å²) in [5, 5.41) is 0. The first kappa shape index (κ1) is 20.0. The second kappa shape index (κ2) is 12.4. The van der Waals surface area contributed by atoms with E-state index in [0.717, 1.165) is 5.92 Å². The van der Waals surface area contributed by atoms with E-state index in [0.29, 0.717) is 5.41 Å². The molecule has 0 heteroatoms. The van der Waals surface area contributed by atoms with Gasteiger partial charge in [0.15, 0.2) is 0 Å². The first-order chi connectivity index (χ1) is 10.6. The number of hydrogen-bond acceptors (Lipinski definition) is 0. The van der Waals surface area contributed by atoms with Crippen LogP contribution in [0.15, 0.2) is 0 Å². The minimum Gasteiger partial charge on any atom is -0.0602 e. The highest BCUT2D eigenvalue weighted by Crippen LogP contribution is 2.29. The Morgan fingerprint density at radius 3 is 1.18 bits per heavy atom. The van der Waals surface area contributed by atoms with E-state index < -0.39 is 0 Å². The van der Waals surface area contributed by atoms with Crippen molar-refractivity contribution in [2.75, 3.05) is 0 Å². The van der Waals surface area contributed by atoms with Crippen molar-refractivity contribution in [2.24, 2.45) is 11.3 Å². The first-order valence-corrected chi connectivity index (χ1v) is 10.6. The average Bonchev–Trinajstić information content (AvgIpc) is 2.45. The lowest BCUT2D eigenvalue weighted by molar-refractivity contribution is 0.293. The standard InChI is InChI=1S/C22H44/c1-22(2,3)20-19-21-17-15-13-11-9-7-5-4-6-8-10-12-14-16-18-21/h21H,4-20H2,1-3H3. The van der Waals surface area contributed by atoms with Gasteiger partial charge in [-0.05, 0) is 24.2 Å². The van der Waals surface area contributed by atoms with Gasteiger partial charge in [0.1, 0.15) is 0 Å². The van der Waals surface area contributed by atoms with Crippen LogP contribution < -0.4 is 0 Å². The largest absolute Gasteiger partial charge is 0.0602 e. The quantitative estimate of drug-likeness (QED) is 0.481. The molecule has 0 atom stereocenters. The van der Waals surface area contributed by atoms with Crippen LogP contribution in [-0.4, -0.2) is 0 Å². The molecule has 0 spiro atoms. The third kappa shape index (κ3) is 12.5. The lowest BCUT2D eigenvalue weighted by Crippen LogP contribution is -2.10. The van der Waals surface area contributed by atoms with Crippen molar-refractivity contribution >= 4 is 0 Å². The summed E-state index contributed by atoms with van der Waals surface area (Å²) in [5.74, 6) is 1.02. The van der Waals surface area contributed by atoms with Crippen LogP contribution in [-0.2, 0) is 0 Å². The molecule has 132 valence electrons. The third-order valence-electron chi connectivity index (χ3n) is 5.53. The molecule has 0 aliphatic heterocycles. The summed E-state index contributed by atoms with van der Waals surface area (Å²) in [5.41, 5.74) is 0.523. The molecular weight excluding hydrogens is 264 g/mol.